The number of hydrogen-bond acceptors (Lipinski definition) is 2. The number of nitrogens with two attached hydrogens (primary N) is 1. The summed E-state index contributed by atoms with van der Waals surface area (Å²) in [6.45, 7) is 8.85. The number of nitrogens with one attached hydrogen (secondary N) is 1. The molecule has 2 heteroatoms. The normalized spacial score (nSPS) is 13.1. The Bertz CT molecular complexity index is 323. The molecule has 0 aromatic heterocycles. The van der Waals surface area contributed by atoms with Gasteiger partial charge in [-0.2, -0.15) is 0 Å². The minimum atomic E-state index is 0.279. The highest BCUT2D eigenvalue weighted by atomic mass is 15.2. The topological polar surface area (TPSA) is 38.0 Å². The van der Waals surface area contributed by atoms with Crippen LogP contribution in [0.4, 0.5) is 0 Å². The summed E-state index contributed by atoms with van der Waals surface area (Å²) >= 11 is 0. The Balaban J connectivity index is 2.93. The zero-order chi connectivity index (χ0) is 12.8. The summed E-state index contributed by atoms with van der Waals surface area (Å²) in [5, 5.41) is 0. The second kappa shape index (κ2) is 6.77. The van der Waals surface area contributed by atoms with E-state index in [2.05, 4.69) is 51.3 Å². The van der Waals surface area contributed by atoms with Gasteiger partial charge in [-0.05, 0) is 42.9 Å². The molecule has 0 spiro atoms. The van der Waals surface area contributed by atoms with Crippen LogP contribution in [0.1, 0.15) is 55.8 Å². The van der Waals surface area contributed by atoms with E-state index in [9.17, 15) is 0 Å². The summed E-state index contributed by atoms with van der Waals surface area (Å²) in [5.74, 6) is 6.50. The van der Waals surface area contributed by atoms with Crippen LogP contribution >= 0.6 is 0 Å². The number of hydrazine groups is 1. The molecule has 0 aliphatic heterocycles. The molecule has 0 fully saturated rings. The summed E-state index contributed by atoms with van der Waals surface area (Å²) in [7, 11) is 0. The zero-order valence-corrected chi connectivity index (χ0v) is 11.6. The lowest BCUT2D eigenvalue weighted by molar-refractivity contribution is 0.373. The van der Waals surface area contributed by atoms with E-state index >= 15 is 0 Å². The van der Waals surface area contributed by atoms with Gasteiger partial charge in [-0.25, -0.2) is 0 Å². The van der Waals surface area contributed by atoms with E-state index in [1.54, 1.807) is 0 Å². The van der Waals surface area contributed by atoms with Crippen LogP contribution in [-0.4, -0.2) is 0 Å². The molecule has 0 bridgehead atoms. The standard InChI is InChI=1S/C15H26N2/c1-5-13(6-2)10-14(17-16)15-11(3)8-7-9-12(15)4/h7-9,13-14,17H,5-6,10,16H2,1-4H3. The van der Waals surface area contributed by atoms with Crippen molar-refractivity contribution in [2.24, 2.45) is 11.8 Å². The number of rotatable bonds is 6. The molecule has 3 N–H and O–H groups in total. The maximum Gasteiger partial charge on any atom is 0.0467 e. The van der Waals surface area contributed by atoms with E-state index < -0.39 is 0 Å². The van der Waals surface area contributed by atoms with Crippen molar-refractivity contribution in [3.05, 3.63) is 34.9 Å². The Labute approximate surface area is 106 Å². The Hall–Kier alpha value is -0.860. The van der Waals surface area contributed by atoms with Gasteiger partial charge < -0.3 is 0 Å². The highest BCUT2D eigenvalue weighted by Gasteiger charge is 2.18. The van der Waals surface area contributed by atoms with Crippen molar-refractivity contribution < 1.29 is 0 Å². The van der Waals surface area contributed by atoms with Gasteiger partial charge in [0, 0.05) is 6.04 Å². The van der Waals surface area contributed by atoms with Crippen molar-refractivity contribution in [2.75, 3.05) is 0 Å². The number of aryl methyl sites for hydroxylation is 2. The lowest BCUT2D eigenvalue weighted by atomic mass is 9.87. The largest absolute Gasteiger partial charge is 0.271 e. The fourth-order valence-corrected chi connectivity index (χ4v) is 2.60. The molecule has 0 aliphatic rings. The predicted octanol–water partition coefficient (Wildman–Crippen LogP) is 3.63. The quantitative estimate of drug-likeness (QED) is 0.582. The summed E-state index contributed by atoms with van der Waals surface area (Å²) in [6.07, 6.45) is 3.56. The highest BCUT2D eigenvalue weighted by Crippen LogP contribution is 2.28. The molecule has 0 amide bonds. The summed E-state index contributed by atoms with van der Waals surface area (Å²) < 4.78 is 0. The Morgan fingerprint density at radius 1 is 1.12 bits per heavy atom. The lowest BCUT2D eigenvalue weighted by Crippen LogP contribution is -2.30. The number of hydrogen-bond donors (Lipinski definition) is 2. The minimum Gasteiger partial charge on any atom is -0.271 e. The predicted molar refractivity (Wildman–Crippen MR) is 74.7 cm³/mol. The lowest BCUT2D eigenvalue weighted by Gasteiger charge is -2.24. The first-order chi connectivity index (χ1) is 8.13. The van der Waals surface area contributed by atoms with Gasteiger partial charge in [0.2, 0.25) is 0 Å². The molecule has 0 aliphatic carbocycles. The van der Waals surface area contributed by atoms with Crippen molar-refractivity contribution in [1.29, 1.82) is 0 Å². The summed E-state index contributed by atoms with van der Waals surface area (Å²) in [5.41, 5.74) is 7.04. The van der Waals surface area contributed by atoms with Gasteiger partial charge in [0.25, 0.3) is 0 Å². The fourth-order valence-electron chi connectivity index (χ4n) is 2.60. The third kappa shape index (κ3) is 3.55. The molecule has 0 radical (unpaired) electrons. The molecule has 1 unspecified atom stereocenters. The highest BCUT2D eigenvalue weighted by molar-refractivity contribution is 5.36. The monoisotopic (exact) mass is 234 g/mol. The van der Waals surface area contributed by atoms with Gasteiger partial charge in [0.15, 0.2) is 0 Å². The minimum absolute atomic E-state index is 0.279. The van der Waals surface area contributed by atoms with E-state index in [0.717, 1.165) is 12.3 Å². The first-order valence-electron chi connectivity index (χ1n) is 6.66. The van der Waals surface area contributed by atoms with E-state index in [0.29, 0.717) is 0 Å². The van der Waals surface area contributed by atoms with Gasteiger partial charge in [-0.3, -0.25) is 11.3 Å². The van der Waals surface area contributed by atoms with Crippen molar-refractivity contribution in [3.63, 3.8) is 0 Å². The summed E-state index contributed by atoms with van der Waals surface area (Å²) in [4.78, 5) is 0. The van der Waals surface area contributed by atoms with Crippen LogP contribution in [0.25, 0.3) is 0 Å². The molecule has 0 saturated heterocycles. The SMILES string of the molecule is CCC(CC)CC(NN)c1c(C)cccc1C. The second-order valence-electron chi connectivity index (χ2n) is 4.94. The molecule has 0 saturated carbocycles. The van der Waals surface area contributed by atoms with Crippen LogP contribution in [0.5, 0.6) is 0 Å². The molecule has 96 valence electrons. The maximum absolute atomic E-state index is 5.75. The van der Waals surface area contributed by atoms with Crippen LogP contribution in [0.3, 0.4) is 0 Å². The maximum atomic E-state index is 5.75. The van der Waals surface area contributed by atoms with Crippen LogP contribution < -0.4 is 11.3 Å². The van der Waals surface area contributed by atoms with E-state index in [1.807, 2.05) is 0 Å². The molecule has 1 aromatic carbocycles. The van der Waals surface area contributed by atoms with E-state index in [4.69, 9.17) is 5.84 Å². The third-order valence-corrected chi connectivity index (χ3v) is 3.82. The average molecular weight is 234 g/mol. The van der Waals surface area contributed by atoms with Crippen molar-refractivity contribution in [2.45, 2.75) is 53.0 Å². The summed E-state index contributed by atoms with van der Waals surface area (Å²) in [6, 6.07) is 6.72. The third-order valence-electron chi connectivity index (χ3n) is 3.82. The van der Waals surface area contributed by atoms with Crippen molar-refractivity contribution >= 4 is 0 Å². The van der Waals surface area contributed by atoms with Crippen molar-refractivity contribution in [3.8, 4) is 0 Å². The van der Waals surface area contributed by atoms with E-state index in [-0.39, 0.29) is 6.04 Å². The molecule has 1 atom stereocenters. The van der Waals surface area contributed by atoms with E-state index in [1.165, 1.54) is 29.5 Å². The van der Waals surface area contributed by atoms with Gasteiger partial charge in [0.05, 0.1) is 0 Å². The molecule has 2 nitrogen and oxygen atoms in total. The molecular formula is C15H26N2. The van der Waals surface area contributed by atoms with Gasteiger partial charge in [0.1, 0.15) is 0 Å². The smallest absolute Gasteiger partial charge is 0.0467 e. The van der Waals surface area contributed by atoms with Crippen molar-refractivity contribution in [1.82, 2.24) is 5.43 Å². The van der Waals surface area contributed by atoms with Gasteiger partial charge in [-0.15, -0.1) is 0 Å². The molecule has 1 rings (SSSR count). The molecule has 17 heavy (non-hydrogen) atoms. The Kier molecular flexibility index (Phi) is 5.66. The zero-order valence-electron chi connectivity index (χ0n) is 11.6. The Morgan fingerprint density at radius 2 is 1.65 bits per heavy atom. The first-order valence-corrected chi connectivity index (χ1v) is 6.66. The number of benzene rings is 1. The molecule has 0 heterocycles. The van der Waals surface area contributed by atoms with Crippen LogP contribution in [0.2, 0.25) is 0 Å². The Morgan fingerprint density at radius 3 is 2.06 bits per heavy atom. The fraction of sp³-hybridized carbons (Fsp3) is 0.600. The van der Waals surface area contributed by atoms with Crippen LogP contribution in [0, 0.1) is 19.8 Å². The van der Waals surface area contributed by atoms with Gasteiger partial charge in [-0.1, -0.05) is 44.9 Å². The molecular weight excluding hydrogens is 208 g/mol. The van der Waals surface area contributed by atoms with Crippen LogP contribution in [0.15, 0.2) is 18.2 Å². The molecule has 1 aromatic rings. The van der Waals surface area contributed by atoms with Crippen LogP contribution in [-0.2, 0) is 0 Å². The van der Waals surface area contributed by atoms with Gasteiger partial charge >= 0.3 is 0 Å². The first kappa shape index (κ1) is 14.2. The average Bonchev–Trinajstić information content (AvgIpc) is 2.33. The second-order valence-corrected chi connectivity index (χ2v) is 4.94.